The number of hydrogen-bond donors (Lipinski definition) is 3. The van der Waals surface area contributed by atoms with E-state index >= 15 is 0 Å². The van der Waals surface area contributed by atoms with Gasteiger partial charge in [0.2, 0.25) is 0 Å². The Hall–Kier alpha value is -4.24. The van der Waals surface area contributed by atoms with E-state index in [1.165, 1.54) is 0 Å². The zero-order valence-corrected chi connectivity index (χ0v) is 29.0. The van der Waals surface area contributed by atoms with Crippen LogP contribution in [-0.4, -0.2) is 98.9 Å². The molecule has 0 aromatic carbocycles. The first-order chi connectivity index (χ1) is 22.5. The summed E-state index contributed by atoms with van der Waals surface area (Å²) in [7, 11) is 0. The summed E-state index contributed by atoms with van der Waals surface area (Å²) in [5, 5.41) is 3.44. The molecular weight excluding hydrogens is 683 g/mol. The van der Waals surface area contributed by atoms with Crippen molar-refractivity contribution in [2.45, 2.75) is 26.4 Å². The molecule has 2 aliphatic rings. The molecule has 0 saturated carbocycles. The molecule has 6 heterocycles. The molecular formula is C31H37Cl3N10O4. The van der Waals surface area contributed by atoms with Crippen molar-refractivity contribution in [2.75, 3.05) is 62.2 Å². The van der Waals surface area contributed by atoms with Crippen LogP contribution in [0.2, 0.25) is 10.0 Å². The number of halogens is 3. The maximum absolute atomic E-state index is 12.3. The Labute approximate surface area is 293 Å². The standard InChI is InChI=1S/C18H22ClN5O3.C13H14ClN5O.ClH/c1-18(2,3)27-17(26)24-10-8-23(9-11-24)15-13(19)16(25)22-14(21-15)12-4-6-20-7-5-12;14-10-12(19-7-5-16-6-8-19)17-11(18-13(10)20)9-1-3-15-4-2-9;/h4-7H,8-11H2,1-3H3,(H,21,22,25);1-4,16H,5-8H2,(H,17,18,20);1H. The molecule has 256 valence electrons. The van der Waals surface area contributed by atoms with Gasteiger partial charge in [0.25, 0.3) is 11.1 Å². The largest absolute Gasteiger partial charge is 0.444 e. The molecule has 0 atom stereocenters. The van der Waals surface area contributed by atoms with Gasteiger partial charge in [0.15, 0.2) is 11.6 Å². The molecule has 2 saturated heterocycles. The van der Waals surface area contributed by atoms with Crippen LogP contribution < -0.4 is 26.2 Å². The highest BCUT2D eigenvalue weighted by molar-refractivity contribution is 6.33. The number of anilines is 2. The fraction of sp³-hybridized carbons (Fsp3) is 0.387. The predicted molar refractivity (Wildman–Crippen MR) is 189 cm³/mol. The number of nitrogens with one attached hydrogen (secondary N) is 3. The first-order valence-corrected chi connectivity index (χ1v) is 15.8. The van der Waals surface area contributed by atoms with E-state index < -0.39 is 11.2 Å². The van der Waals surface area contributed by atoms with Crippen molar-refractivity contribution in [2.24, 2.45) is 0 Å². The lowest BCUT2D eigenvalue weighted by molar-refractivity contribution is 0.0240. The van der Waals surface area contributed by atoms with E-state index in [1.54, 1.807) is 54.0 Å². The number of hydrogen-bond acceptors (Lipinski definition) is 11. The van der Waals surface area contributed by atoms with Crippen LogP contribution in [-0.2, 0) is 4.74 Å². The third kappa shape index (κ3) is 9.22. The van der Waals surface area contributed by atoms with Crippen molar-refractivity contribution in [1.29, 1.82) is 0 Å². The topological polar surface area (TPSA) is 165 Å². The maximum atomic E-state index is 12.3. The highest BCUT2D eigenvalue weighted by atomic mass is 35.5. The molecule has 0 bridgehead atoms. The minimum atomic E-state index is -0.536. The number of nitrogens with zero attached hydrogens (tertiary/aromatic N) is 7. The molecule has 0 spiro atoms. The second-order valence-electron chi connectivity index (χ2n) is 11.8. The first-order valence-electron chi connectivity index (χ1n) is 15.1. The molecule has 2 fully saturated rings. The van der Waals surface area contributed by atoms with Gasteiger partial charge in [-0.2, -0.15) is 0 Å². The molecule has 2 aliphatic heterocycles. The van der Waals surface area contributed by atoms with Crippen molar-refractivity contribution in [3.05, 3.63) is 79.8 Å². The number of H-pyrrole nitrogens is 2. The van der Waals surface area contributed by atoms with Crippen LogP contribution in [0.5, 0.6) is 0 Å². The summed E-state index contributed by atoms with van der Waals surface area (Å²) in [6.07, 6.45) is 6.24. The average molecular weight is 720 g/mol. The minimum Gasteiger partial charge on any atom is -0.444 e. The number of ether oxygens (including phenoxy) is 1. The fourth-order valence-corrected chi connectivity index (χ4v) is 5.33. The summed E-state index contributed by atoms with van der Waals surface area (Å²) >= 11 is 12.3. The highest BCUT2D eigenvalue weighted by Crippen LogP contribution is 2.25. The van der Waals surface area contributed by atoms with Gasteiger partial charge in [-0.1, -0.05) is 23.2 Å². The zero-order valence-electron chi connectivity index (χ0n) is 26.7. The van der Waals surface area contributed by atoms with Crippen molar-refractivity contribution < 1.29 is 9.53 Å². The summed E-state index contributed by atoms with van der Waals surface area (Å²) in [5.74, 6) is 1.89. The number of piperazine rings is 2. The minimum absolute atomic E-state index is 0. The molecule has 48 heavy (non-hydrogen) atoms. The molecule has 0 aliphatic carbocycles. The maximum Gasteiger partial charge on any atom is 0.410 e. The molecule has 0 radical (unpaired) electrons. The van der Waals surface area contributed by atoms with Gasteiger partial charge in [-0.3, -0.25) is 19.6 Å². The second kappa shape index (κ2) is 16.2. The zero-order chi connectivity index (χ0) is 33.6. The number of rotatable bonds is 4. The second-order valence-corrected chi connectivity index (χ2v) is 12.5. The summed E-state index contributed by atoms with van der Waals surface area (Å²) in [6.45, 7) is 10.7. The van der Waals surface area contributed by atoms with E-state index in [9.17, 15) is 14.4 Å². The molecule has 1 amide bonds. The van der Waals surface area contributed by atoms with E-state index in [0.29, 0.717) is 49.5 Å². The Bertz CT molecular complexity index is 1790. The number of amides is 1. The molecule has 14 nitrogen and oxygen atoms in total. The van der Waals surface area contributed by atoms with Crippen LogP contribution in [0.3, 0.4) is 0 Å². The number of carbonyl (C=O) groups is 1. The van der Waals surface area contributed by atoms with Crippen molar-refractivity contribution in [3.8, 4) is 22.8 Å². The summed E-state index contributed by atoms with van der Waals surface area (Å²) in [5.41, 5.74) is 0.299. The molecule has 4 aromatic rings. The molecule has 0 unspecified atom stereocenters. The summed E-state index contributed by atoms with van der Waals surface area (Å²) in [4.78, 5) is 64.4. The van der Waals surface area contributed by atoms with Gasteiger partial charge in [0.05, 0.1) is 0 Å². The van der Waals surface area contributed by atoms with Gasteiger partial charge in [-0.15, -0.1) is 12.4 Å². The monoisotopic (exact) mass is 718 g/mol. The number of carbonyl (C=O) groups excluding carboxylic acids is 1. The number of aromatic amines is 2. The van der Waals surface area contributed by atoms with Gasteiger partial charge in [0.1, 0.15) is 27.3 Å². The fourth-order valence-electron chi connectivity index (χ4n) is 4.91. The van der Waals surface area contributed by atoms with Gasteiger partial charge in [-0.25, -0.2) is 14.8 Å². The number of aromatic nitrogens is 6. The van der Waals surface area contributed by atoms with Crippen LogP contribution in [0.25, 0.3) is 22.8 Å². The Morgan fingerprint density at radius 3 is 1.56 bits per heavy atom. The lowest BCUT2D eigenvalue weighted by Gasteiger charge is -2.36. The van der Waals surface area contributed by atoms with Crippen LogP contribution in [0.15, 0.2) is 58.6 Å². The molecule has 4 aromatic heterocycles. The Balaban J connectivity index is 0.000000221. The lowest BCUT2D eigenvalue weighted by atomic mass is 10.2. The first kappa shape index (κ1) is 36.6. The Kier molecular flexibility index (Phi) is 12.4. The smallest absolute Gasteiger partial charge is 0.410 e. The third-order valence-corrected chi connectivity index (χ3v) is 7.93. The van der Waals surface area contributed by atoms with E-state index in [0.717, 1.165) is 37.3 Å². The van der Waals surface area contributed by atoms with Crippen LogP contribution >= 0.6 is 35.6 Å². The van der Waals surface area contributed by atoms with Gasteiger partial charge in [-0.05, 0) is 45.0 Å². The lowest BCUT2D eigenvalue weighted by Crippen LogP contribution is -2.50. The quantitative estimate of drug-likeness (QED) is 0.281. The van der Waals surface area contributed by atoms with Crippen LogP contribution in [0.4, 0.5) is 16.4 Å². The molecule has 3 N–H and O–H groups in total. The SMILES string of the molecule is CC(C)(C)OC(=O)N1CCN(c2nc(-c3ccncc3)[nH]c(=O)c2Cl)CC1.Cl.O=c1[nH]c(-c2ccncc2)nc(N2CCNCC2)c1Cl. The van der Waals surface area contributed by atoms with E-state index in [1.807, 2.05) is 30.6 Å². The van der Waals surface area contributed by atoms with Crippen molar-refractivity contribution in [3.63, 3.8) is 0 Å². The average Bonchev–Trinajstić information content (AvgIpc) is 3.08. The van der Waals surface area contributed by atoms with E-state index in [2.05, 4.69) is 35.2 Å². The van der Waals surface area contributed by atoms with Crippen molar-refractivity contribution >= 4 is 53.3 Å². The van der Waals surface area contributed by atoms with Gasteiger partial charge >= 0.3 is 6.09 Å². The number of pyridine rings is 2. The highest BCUT2D eigenvalue weighted by Gasteiger charge is 2.28. The van der Waals surface area contributed by atoms with Gasteiger partial charge in [0, 0.05) is 88.3 Å². The third-order valence-electron chi connectivity index (χ3n) is 7.25. The Morgan fingerprint density at radius 2 is 1.15 bits per heavy atom. The summed E-state index contributed by atoms with van der Waals surface area (Å²) in [6, 6.07) is 7.12. The normalized spacial score (nSPS) is 14.8. The van der Waals surface area contributed by atoms with Crippen LogP contribution in [0.1, 0.15) is 20.8 Å². The molecule has 6 rings (SSSR count). The van der Waals surface area contributed by atoms with Crippen LogP contribution in [0, 0.1) is 0 Å². The van der Waals surface area contributed by atoms with E-state index in [4.69, 9.17) is 27.9 Å². The van der Waals surface area contributed by atoms with Gasteiger partial charge < -0.3 is 34.7 Å². The van der Waals surface area contributed by atoms with Crippen molar-refractivity contribution in [1.82, 2.24) is 40.1 Å². The predicted octanol–water partition coefficient (Wildman–Crippen LogP) is 3.86. The molecule has 17 heteroatoms. The van der Waals surface area contributed by atoms with E-state index in [-0.39, 0.29) is 34.1 Å². The summed E-state index contributed by atoms with van der Waals surface area (Å²) < 4.78 is 5.40. The Morgan fingerprint density at radius 1 is 0.729 bits per heavy atom.